The molecule has 3 aromatic rings. The van der Waals surface area contributed by atoms with Gasteiger partial charge >= 0.3 is 0 Å². The van der Waals surface area contributed by atoms with E-state index in [1.54, 1.807) is 17.5 Å². The first-order valence-electron chi connectivity index (χ1n) is 9.90. The normalized spacial score (nSPS) is 15.3. The molecule has 2 aromatic heterocycles. The van der Waals surface area contributed by atoms with Gasteiger partial charge in [-0.15, -0.1) is 11.3 Å². The average molecular weight is 412 g/mol. The van der Waals surface area contributed by atoms with Gasteiger partial charge in [-0.05, 0) is 25.0 Å². The largest absolute Gasteiger partial charge is 0.493 e. The van der Waals surface area contributed by atoms with Gasteiger partial charge < -0.3 is 10.1 Å². The number of thiazole rings is 1. The Labute approximate surface area is 174 Å². The summed E-state index contributed by atoms with van der Waals surface area (Å²) in [6.07, 6.45) is 5.92. The minimum Gasteiger partial charge on any atom is -0.493 e. The van der Waals surface area contributed by atoms with Crippen molar-refractivity contribution >= 4 is 23.1 Å². The number of rotatable bonds is 8. The van der Waals surface area contributed by atoms with Crippen molar-refractivity contribution in [3.63, 3.8) is 0 Å². The van der Waals surface area contributed by atoms with E-state index in [-0.39, 0.29) is 5.91 Å². The highest BCUT2D eigenvalue weighted by molar-refractivity contribution is 7.09. The first-order valence-corrected chi connectivity index (χ1v) is 10.8. The number of carbonyl (C=O) groups is 1. The number of hydrogen-bond donors (Lipinski definition) is 1. The lowest BCUT2D eigenvalue weighted by atomic mass is 10.1. The molecule has 1 aliphatic heterocycles. The molecule has 0 atom stereocenters. The van der Waals surface area contributed by atoms with Crippen molar-refractivity contribution in [3.05, 3.63) is 59.2 Å². The van der Waals surface area contributed by atoms with Crippen molar-refractivity contribution in [2.45, 2.75) is 31.8 Å². The van der Waals surface area contributed by atoms with Crippen LogP contribution < -0.4 is 10.1 Å². The fraction of sp³-hybridized carbons (Fsp3) is 0.381. The van der Waals surface area contributed by atoms with Crippen molar-refractivity contribution in [1.29, 1.82) is 0 Å². The van der Waals surface area contributed by atoms with Crippen LogP contribution >= 0.6 is 11.3 Å². The smallest absolute Gasteiger partial charge is 0.228 e. The van der Waals surface area contributed by atoms with Crippen molar-refractivity contribution in [3.8, 4) is 5.75 Å². The van der Waals surface area contributed by atoms with Gasteiger partial charge in [0.1, 0.15) is 16.6 Å². The quantitative estimate of drug-likeness (QED) is 0.613. The molecular weight excluding hydrogens is 386 g/mol. The number of amides is 1. The SMILES string of the molecule is O=C(CCOc1ccccc1)Nc1ccnn1C1CCN(Cc2nccs2)CC1. The lowest BCUT2D eigenvalue weighted by Gasteiger charge is -2.32. The third kappa shape index (κ3) is 5.42. The van der Waals surface area contributed by atoms with Crippen molar-refractivity contribution in [2.24, 2.45) is 0 Å². The predicted molar refractivity (Wildman–Crippen MR) is 113 cm³/mol. The Morgan fingerprint density at radius 2 is 2.00 bits per heavy atom. The summed E-state index contributed by atoms with van der Waals surface area (Å²) >= 11 is 1.70. The summed E-state index contributed by atoms with van der Waals surface area (Å²) in [6, 6.07) is 11.7. The third-order valence-electron chi connectivity index (χ3n) is 5.02. The maximum atomic E-state index is 12.3. The number of aromatic nitrogens is 3. The van der Waals surface area contributed by atoms with Gasteiger partial charge in [0.15, 0.2) is 0 Å². The molecule has 0 spiro atoms. The molecule has 0 saturated carbocycles. The van der Waals surface area contributed by atoms with Crippen LogP contribution in [0.1, 0.15) is 30.3 Å². The Kier molecular flexibility index (Phi) is 6.53. The molecule has 1 aromatic carbocycles. The summed E-state index contributed by atoms with van der Waals surface area (Å²) in [5.41, 5.74) is 0. The van der Waals surface area contributed by atoms with E-state index in [0.717, 1.165) is 49.1 Å². The second-order valence-electron chi connectivity index (χ2n) is 7.05. The van der Waals surface area contributed by atoms with Crippen LogP contribution in [0.5, 0.6) is 5.75 Å². The highest BCUT2D eigenvalue weighted by Crippen LogP contribution is 2.26. The molecule has 1 fully saturated rings. The minimum atomic E-state index is -0.0658. The van der Waals surface area contributed by atoms with Crippen molar-refractivity contribution < 1.29 is 9.53 Å². The van der Waals surface area contributed by atoms with E-state index in [1.165, 1.54) is 0 Å². The molecule has 1 amide bonds. The van der Waals surface area contributed by atoms with Gasteiger partial charge in [0.25, 0.3) is 0 Å². The summed E-state index contributed by atoms with van der Waals surface area (Å²) in [5, 5.41) is 10.6. The van der Waals surface area contributed by atoms with Gasteiger partial charge in [0, 0.05) is 30.7 Å². The molecule has 1 saturated heterocycles. The van der Waals surface area contributed by atoms with E-state index in [4.69, 9.17) is 4.74 Å². The van der Waals surface area contributed by atoms with Gasteiger partial charge in [0.05, 0.1) is 31.8 Å². The van der Waals surface area contributed by atoms with Crippen molar-refractivity contribution in [2.75, 3.05) is 25.0 Å². The number of benzene rings is 1. The lowest BCUT2D eigenvalue weighted by molar-refractivity contribution is -0.116. The molecule has 1 N–H and O–H groups in total. The van der Waals surface area contributed by atoms with E-state index in [2.05, 4.69) is 20.3 Å². The van der Waals surface area contributed by atoms with Crippen LogP contribution in [0.3, 0.4) is 0 Å². The molecule has 29 heavy (non-hydrogen) atoms. The zero-order valence-electron chi connectivity index (χ0n) is 16.2. The number of nitrogens with zero attached hydrogens (tertiary/aromatic N) is 4. The molecule has 7 nitrogen and oxygen atoms in total. The Morgan fingerprint density at radius 1 is 1.17 bits per heavy atom. The maximum absolute atomic E-state index is 12.3. The Morgan fingerprint density at radius 3 is 2.76 bits per heavy atom. The van der Waals surface area contributed by atoms with E-state index in [0.29, 0.717) is 19.1 Å². The number of likely N-dealkylation sites (tertiary alicyclic amines) is 1. The van der Waals surface area contributed by atoms with Crippen molar-refractivity contribution in [1.82, 2.24) is 19.7 Å². The molecule has 0 unspecified atom stereocenters. The fourth-order valence-corrected chi connectivity index (χ4v) is 4.19. The molecule has 0 bridgehead atoms. The second-order valence-corrected chi connectivity index (χ2v) is 8.03. The van der Waals surface area contributed by atoms with Crippen LogP contribution in [0.2, 0.25) is 0 Å². The average Bonchev–Trinajstić information content (AvgIpc) is 3.42. The summed E-state index contributed by atoms with van der Waals surface area (Å²) in [5.74, 6) is 1.46. The van der Waals surface area contributed by atoms with Crippen LogP contribution in [0, 0.1) is 0 Å². The van der Waals surface area contributed by atoms with Crippen LogP contribution in [-0.4, -0.2) is 45.3 Å². The number of ether oxygens (including phenoxy) is 1. The van der Waals surface area contributed by atoms with Crippen LogP contribution in [0.15, 0.2) is 54.2 Å². The Balaban J connectivity index is 1.24. The van der Waals surface area contributed by atoms with Gasteiger partial charge in [-0.1, -0.05) is 18.2 Å². The molecule has 0 radical (unpaired) electrons. The number of nitrogens with one attached hydrogen (secondary N) is 1. The Bertz CT molecular complexity index is 889. The number of para-hydroxylation sites is 1. The zero-order chi connectivity index (χ0) is 19.9. The second kappa shape index (κ2) is 9.67. The number of piperidine rings is 1. The first kappa shape index (κ1) is 19.6. The molecule has 4 rings (SSSR count). The Hall–Kier alpha value is -2.71. The number of hydrogen-bond acceptors (Lipinski definition) is 6. The van der Waals surface area contributed by atoms with E-state index in [9.17, 15) is 4.79 Å². The predicted octanol–water partition coefficient (Wildman–Crippen LogP) is 3.58. The molecule has 0 aliphatic carbocycles. The first-order chi connectivity index (χ1) is 14.3. The molecule has 152 valence electrons. The van der Waals surface area contributed by atoms with E-state index in [1.807, 2.05) is 52.7 Å². The highest BCUT2D eigenvalue weighted by atomic mass is 32.1. The molecule has 8 heteroatoms. The fourth-order valence-electron chi connectivity index (χ4n) is 3.53. The van der Waals surface area contributed by atoms with Crippen LogP contribution in [0.25, 0.3) is 0 Å². The molecule has 1 aliphatic rings. The molecule has 3 heterocycles. The topological polar surface area (TPSA) is 72.3 Å². The van der Waals surface area contributed by atoms with Gasteiger partial charge in [0.2, 0.25) is 5.91 Å². The van der Waals surface area contributed by atoms with Gasteiger partial charge in [-0.3, -0.25) is 9.69 Å². The minimum absolute atomic E-state index is 0.0658. The maximum Gasteiger partial charge on any atom is 0.228 e. The third-order valence-corrected chi connectivity index (χ3v) is 5.79. The van der Waals surface area contributed by atoms with E-state index >= 15 is 0 Å². The van der Waals surface area contributed by atoms with E-state index < -0.39 is 0 Å². The standard InChI is InChI=1S/C21H25N5O2S/c27-20(9-14-28-18-4-2-1-3-5-18)24-19-6-10-23-26(19)17-7-12-25(13-8-17)16-21-22-11-15-29-21/h1-6,10-11,15,17H,7-9,12-14,16H2,(H,24,27). The van der Waals surface area contributed by atoms with Gasteiger partial charge in [-0.25, -0.2) is 9.67 Å². The zero-order valence-corrected chi connectivity index (χ0v) is 17.1. The highest BCUT2D eigenvalue weighted by Gasteiger charge is 2.23. The summed E-state index contributed by atoms with van der Waals surface area (Å²) in [6.45, 7) is 3.26. The van der Waals surface area contributed by atoms with Crippen LogP contribution in [0.4, 0.5) is 5.82 Å². The lowest BCUT2D eigenvalue weighted by Crippen LogP contribution is -2.35. The van der Waals surface area contributed by atoms with Gasteiger partial charge in [-0.2, -0.15) is 5.10 Å². The monoisotopic (exact) mass is 411 g/mol. The molecular formula is C21H25N5O2S. The number of carbonyl (C=O) groups excluding carboxylic acids is 1. The van der Waals surface area contributed by atoms with Crippen LogP contribution in [-0.2, 0) is 11.3 Å². The summed E-state index contributed by atoms with van der Waals surface area (Å²) in [4.78, 5) is 19.1. The number of anilines is 1. The summed E-state index contributed by atoms with van der Waals surface area (Å²) < 4.78 is 7.56. The summed E-state index contributed by atoms with van der Waals surface area (Å²) in [7, 11) is 0.